The van der Waals surface area contributed by atoms with Gasteiger partial charge in [0.1, 0.15) is 24.1 Å². The predicted molar refractivity (Wildman–Crippen MR) is 128 cm³/mol. The number of halogens is 1. The highest BCUT2D eigenvalue weighted by atomic mass is 35.5. The van der Waals surface area contributed by atoms with Crippen LogP contribution in [-0.4, -0.2) is 55.6 Å². The van der Waals surface area contributed by atoms with E-state index in [0.29, 0.717) is 17.9 Å². The fraction of sp³-hybridized carbons (Fsp3) is 0.375. The smallest absolute Gasteiger partial charge is 0.324 e. The van der Waals surface area contributed by atoms with Crippen LogP contribution < -0.4 is 25.4 Å². The number of hydrogen-bond acceptors (Lipinski definition) is 6. The highest BCUT2D eigenvalue weighted by molar-refractivity contribution is 6.02. The lowest BCUT2D eigenvalue weighted by Crippen LogP contribution is -2.34. The summed E-state index contributed by atoms with van der Waals surface area (Å²) in [6, 6.07) is 12.4. The fourth-order valence-corrected chi connectivity index (χ4v) is 3.93. The molecule has 0 spiro atoms. The van der Waals surface area contributed by atoms with E-state index in [9.17, 15) is 14.4 Å². The average molecular weight is 489 g/mol. The van der Waals surface area contributed by atoms with Crippen molar-refractivity contribution in [3.05, 3.63) is 59.2 Å². The maximum absolute atomic E-state index is 12.9. The van der Waals surface area contributed by atoms with Crippen LogP contribution >= 0.6 is 12.4 Å². The van der Waals surface area contributed by atoms with E-state index in [1.54, 1.807) is 18.2 Å². The highest BCUT2D eigenvalue weighted by Gasteiger charge is 2.27. The molecule has 0 unspecified atom stereocenters. The number of carbonyl (C=O) groups excluding carboxylic acids is 3. The lowest BCUT2D eigenvalue weighted by molar-refractivity contribution is -0.118. The topological polar surface area (TPSA) is 109 Å². The van der Waals surface area contributed by atoms with Crippen LogP contribution in [0.15, 0.2) is 42.5 Å². The number of amides is 4. The summed E-state index contributed by atoms with van der Waals surface area (Å²) in [5.41, 5.74) is 2.04. The van der Waals surface area contributed by atoms with Gasteiger partial charge in [0.05, 0.1) is 12.7 Å². The van der Waals surface area contributed by atoms with E-state index in [-0.39, 0.29) is 43.4 Å². The summed E-state index contributed by atoms with van der Waals surface area (Å²) in [7, 11) is 1.50. The lowest BCUT2D eigenvalue weighted by Gasteiger charge is -2.23. The second-order valence-electron chi connectivity index (χ2n) is 8.14. The van der Waals surface area contributed by atoms with E-state index < -0.39 is 6.03 Å². The van der Waals surface area contributed by atoms with Crippen LogP contribution in [0.25, 0.3) is 0 Å². The van der Waals surface area contributed by atoms with Crippen molar-refractivity contribution < 1.29 is 23.9 Å². The summed E-state index contributed by atoms with van der Waals surface area (Å²) in [5, 5.41) is 8.48. The van der Waals surface area contributed by atoms with Crippen molar-refractivity contribution in [2.75, 3.05) is 26.7 Å². The maximum atomic E-state index is 12.9. The molecule has 0 saturated carbocycles. The second-order valence-corrected chi connectivity index (χ2v) is 8.14. The minimum atomic E-state index is -0.436. The first kappa shape index (κ1) is 25.3. The molecule has 0 atom stereocenters. The highest BCUT2D eigenvalue weighted by Crippen LogP contribution is 2.22. The minimum absolute atomic E-state index is 0. The van der Waals surface area contributed by atoms with Crippen molar-refractivity contribution >= 4 is 30.3 Å². The van der Waals surface area contributed by atoms with Crippen LogP contribution in [0.3, 0.4) is 0 Å². The van der Waals surface area contributed by atoms with Crippen molar-refractivity contribution in [3.8, 4) is 11.5 Å². The molecule has 2 saturated heterocycles. The third kappa shape index (κ3) is 6.39. The molecule has 2 fully saturated rings. The molecule has 9 nitrogen and oxygen atoms in total. The number of hydrogen-bond donors (Lipinski definition) is 3. The standard InChI is InChI=1S/C24H28N4O5.ClH/c1-32-21-7-4-17(14-28-15-22(29)27-24(28)31)12-20(21)23(30)26-13-16-2-5-18(6-3-16)33-19-8-10-25-11-9-19;/h2-7,12,19,25H,8-11,13-15H2,1H3,(H,26,30)(H,27,29,31);1H. The molecule has 2 aliphatic rings. The fourth-order valence-electron chi connectivity index (χ4n) is 3.93. The van der Waals surface area contributed by atoms with Crippen LogP contribution in [0.1, 0.15) is 34.3 Å². The van der Waals surface area contributed by atoms with Gasteiger partial charge < -0.3 is 25.0 Å². The van der Waals surface area contributed by atoms with E-state index in [1.807, 2.05) is 24.3 Å². The molecule has 182 valence electrons. The Labute approximate surface area is 204 Å². The zero-order chi connectivity index (χ0) is 23.2. The molecule has 2 aromatic carbocycles. The van der Waals surface area contributed by atoms with Crippen LogP contribution in [0.5, 0.6) is 11.5 Å². The number of methoxy groups -OCH3 is 1. The first-order chi connectivity index (χ1) is 16.0. The Morgan fingerprint density at radius 3 is 2.44 bits per heavy atom. The Hall–Kier alpha value is -3.30. The summed E-state index contributed by atoms with van der Waals surface area (Å²) in [6.07, 6.45) is 2.23. The van der Waals surface area contributed by atoms with E-state index >= 15 is 0 Å². The molecular formula is C24H29ClN4O5. The van der Waals surface area contributed by atoms with Gasteiger partial charge in [-0.1, -0.05) is 18.2 Å². The summed E-state index contributed by atoms with van der Waals surface area (Å²) < 4.78 is 11.4. The van der Waals surface area contributed by atoms with Gasteiger partial charge in [-0.3, -0.25) is 14.9 Å². The van der Waals surface area contributed by atoms with Gasteiger partial charge in [0.2, 0.25) is 5.91 Å². The zero-order valence-electron chi connectivity index (χ0n) is 19.0. The van der Waals surface area contributed by atoms with E-state index in [1.165, 1.54) is 12.0 Å². The molecule has 0 bridgehead atoms. The Bertz CT molecular complexity index is 1020. The molecule has 2 aromatic rings. The van der Waals surface area contributed by atoms with E-state index in [2.05, 4.69) is 16.0 Å². The lowest BCUT2D eigenvalue weighted by atomic mass is 10.1. The van der Waals surface area contributed by atoms with Crippen molar-refractivity contribution in [2.45, 2.75) is 32.0 Å². The SMILES string of the molecule is COc1ccc(CN2CC(=O)NC2=O)cc1C(=O)NCc1ccc(OC2CCNCC2)cc1.Cl. The van der Waals surface area contributed by atoms with Crippen LogP contribution in [0, 0.1) is 0 Å². The largest absolute Gasteiger partial charge is 0.496 e. The number of rotatable bonds is 8. The summed E-state index contributed by atoms with van der Waals surface area (Å²) in [6.45, 7) is 2.53. The maximum Gasteiger partial charge on any atom is 0.324 e. The minimum Gasteiger partial charge on any atom is -0.496 e. The van der Waals surface area contributed by atoms with E-state index in [0.717, 1.165) is 42.8 Å². The molecule has 3 N–H and O–H groups in total. The van der Waals surface area contributed by atoms with Gasteiger partial charge in [-0.25, -0.2) is 4.79 Å². The molecule has 0 aromatic heterocycles. The molecule has 4 amide bonds. The summed E-state index contributed by atoms with van der Waals surface area (Å²) in [5.74, 6) is 0.643. The Morgan fingerprint density at radius 2 is 1.79 bits per heavy atom. The van der Waals surface area contributed by atoms with Gasteiger partial charge in [-0.15, -0.1) is 12.4 Å². The number of ether oxygens (including phenoxy) is 2. The quantitative estimate of drug-likeness (QED) is 0.492. The summed E-state index contributed by atoms with van der Waals surface area (Å²) in [4.78, 5) is 37.5. The van der Waals surface area contributed by atoms with Gasteiger partial charge >= 0.3 is 6.03 Å². The number of piperidine rings is 1. The second kappa shape index (κ2) is 11.7. The number of nitrogens with one attached hydrogen (secondary N) is 3. The van der Waals surface area contributed by atoms with Crippen LogP contribution in [0.4, 0.5) is 4.79 Å². The van der Waals surface area contributed by atoms with Gasteiger partial charge in [0.25, 0.3) is 5.91 Å². The Balaban J connectivity index is 0.00000324. The molecule has 34 heavy (non-hydrogen) atoms. The normalized spacial score (nSPS) is 16.0. The molecule has 10 heteroatoms. The zero-order valence-corrected chi connectivity index (χ0v) is 19.8. The Kier molecular flexibility index (Phi) is 8.72. The third-order valence-corrected chi connectivity index (χ3v) is 5.72. The van der Waals surface area contributed by atoms with Gasteiger partial charge in [0.15, 0.2) is 0 Å². The van der Waals surface area contributed by atoms with Crippen molar-refractivity contribution in [2.24, 2.45) is 0 Å². The molecule has 2 aliphatic heterocycles. The number of benzene rings is 2. The molecule has 2 heterocycles. The monoisotopic (exact) mass is 488 g/mol. The van der Waals surface area contributed by atoms with Crippen molar-refractivity contribution in [1.29, 1.82) is 0 Å². The molecule has 4 rings (SSSR count). The first-order valence-corrected chi connectivity index (χ1v) is 11.0. The average Bonchev–Trinajstić information content (AvgIpc) is 3.15. The third-order valence-electron chi connectivity index (χ3n) is 5.72. The van der Waals surface area contributed by atoms with Crippen LogP contribution in [0.2, 0.25) is 0 Å². The van der Waals surface area contributed by atoms with Crippen molar-refractivity contribution in [3.63, 3.8) is 0 Å². The number of carbonyl (C=O) groups is 3. The van der Waals surface area contributed by atoms with Crippen LogP contribution in [-0.2, 0) is 17.9 Å². The predicted octanol–water partition coefficient (Wildman–Crippen LogP) is 2.23. The first-order valence-electron chi connectivity index (χ1n) is 11.0. The number of imide groups is 1. The molecule has 0 aliphatic carbocycles. The van der Waals surface area contributed by atoms with Gasteiger partial charge in [0, 0.05) is 13.1 Å². The van der Waals surface area contributed by atoms with Gasteiger partial charge in [-0.05, 0) is 61.3 Å². The Morgan fingerprint density at radius 1 is 1.09 bits per heavy atom. The summed E-state index contributed by atoms with van der Waals surface area (Å²) >= 11 is 0. The molecule has 0 radical (unpaired) electrons. The number of urea groups is 1. The molecular weight excluding hydrogens is 460 g/mol. The van der Waals surface area contributed by atoms with Gasteiger partial charge in [-0.2, -0.15) is 0 Å². The van der Waals surface area contributed by atoms with Crippen molar-refractivity contribution in [1.82, 2.24) is 20.9 Å². The van der Waals surface area contributed by atoms with E-state index in [4.69, 9.17) is 9.47 Å². The number of nitrogens with zero attached hydrogens (tertiary/aromatic N) is 1.